The van der Waals surface area contributed by atoms with Crippen molar-refractivity contribution in [2.45, 2.75) is 290 Å². The van der Waals surface area contributed by atoms with Crippen molar-refractivity contribution in [2.24, 2.45) is 0 Å². The number of allylic oxidation sites excluding steroid dienone is 30. The number of carbonyl (C=O) groups is 2. The lowest BCUT2D eigenvalue weighted by Gasteiger charge is -2.15. The van der Waals surface area contributed by atoms with Gasteiger partial charge < -0.3 is 14.6 Å². The van der Waals surface area contributed by atoms with Crippen LogP contribution in [0.4, 0.5) is 0 Å². The van der Waals surface area contributed by atoms with Crippen LogP contribution in [0.1, 0.15) is 284 Å². The summed E-state index contributed by atoms with van der Waals surface area (Å²) in [6.45, 7) is 3.90. The van der Waals surface area contributed by atoms with Gasteiger partial charge in [-0.1, -0.05) is 318 Å². The predicted octanol–water partition coefficient (Wildman–Crippen LogP) is 24.2. The minimum atomic E-state index is -0.794. The van der Waals surface area contributed by atoms with Crippen LogP contribution in [0.3, 0.4) is 0 Å². The van der Waals surface area contributed by atoms with E-state index in [9.17, 15) is 14.7 Å². The van der Waals surface area contributed by atoms with E-state index in [1.165, 1.54) is 116 Å². The van der Waals surface area contributed by atoms with Crippen LogP contribution < -0.4 is 0 Å². The Kier molecular flexibility index (Phi) is 68.0. The first-order chi connectivity index (χ1) is 41.6. The molecule has 0 aromatic carbocycles. The van der Waals surface area contributed by atoms with E-state index in [1.807, 2.05) is 0 Å². The van der Waals surface area contributed by atoms with Crippen LogP contribution in [-0.2, 0) is 19.1 Å². The molecule has 0 radical (unpaired) electrons. The van der Waals surface area contributed by atoms with E-state index in [-0.39, 0.29) is 25.2 Å². The number of hydrogen-bond acceptors (Lipinski definition) is 5. The second kappa shape index (κ2) is 72.3. The van der Waals surface area contributed by atoms with Crippen LogP contribution in [0, 0.1) is 0 Å². The summed E-state index contributed by atoms with van der Waals surface area (Å²) in [7, 11) is 0. The van der Waals surface area contributed by atoms with E-state index < -0.39 is 6.10 Å². The van der Waals surface area contributed by atoms with Gasteiger partial charge in [-0.2, -0.15) is 0 Å². The smallest absolute Gasteiger partial charge is 0.306 e. The zero-order chi connectivity index (χ0) is 60.5. The molecule has 84 heavy (non-hydrogen) atoms. The Balaban J connectivity index is 3.55. The minimum Gasteiger partial charge on any atom is -0.462 e. The molecule has 0 aliphatic heterocycles. The molecule has 0 spiro atoms. The molecule has 0 aromatic rings. The van der Waals surface area contributed by atoms with Gasteiger partial charge >= 0.3 is 11.9 Å². The molecule has 1 atom stereocenters. The summed E-state index contributed by atoms with van der Waals surface area (Å²) in [6, 6.07) is 0. The molecule has 1 unspecified atom stereocenters. The SMILES string of the molecule is CC/C=C\C/C=C\C/C=C\C/C=C\C/C=C\C/C=C\C/C=C\C/C=C\CCCCCCCCC(=O)OC(CO)COC(=O)CCCCCCCCCCCCCCCCCCC/C=C\C/C=C\C/C=C\C/C=C\C/C=C\C/C=C\C/C=C\CC. The fourth-order valence-electron chi connectivity index (χ4n) is 9.14. The molecule has 472 valence electrons. The third-order valence-electron chi connectivity index (χ3n) is 14.2. The average Bonchev–Trinajstić information content (AvgIpc) is 3.51. The van der Waals surface area contributed by atoms with Gasteiger partial charge in [-0.15, -0.1) is 0 Å². The third kappa shape index (κ3) is 69.5. The highest BCUT2D eigenvalue weighted by atomic mass is 16.6. The summed E-state index contributed by atoms with van der Waals surface area (Å²) in [6.07, 6.45) is 113. The van der Waals surface area contributed by atoms with Crippen LogP contribution in [0.2, 0.25) is 0 Å². The quantitative estimate of drug-likeness (QED) is 0.0373. The van der Waals surface area contributed by atoms with E-state index in [4.69, 9.17) is 9.47 Å². The molecule has 0 fully saturated rings. The summed E-state index contributed by atoms with van der Waals surface area (Å²) in [5.74, 6) is -0.612. The Labute approximate surface area is 518 Å². The molecule has 0 saturated carbocycles. The van der Waals surface area contributed by atoms with Crippen LogP contribution in [0.15, 0.2) is 182 Å². The van der Waals surface area contributed by atoms with Gasteiger partial charge in [0.15, 0.2) is 6.10 Å². The van der Waals surface area contributed by atoms with E-state index in [0.717, 1.165) is 141 Å². The van der Waals surface area contributed by atoms with E-state index in [2.05, 4.69) is 196 Å². The number of esters is 2. The van der Waals surface area contributed by atoms with E-state index in [1.54, 1.807) is 0 Å². The lowest BCUT2D eigenvalue weighted by atomic mass is 10.0. The lowest BCUT2D eigenvalue weighted by Crippen LogP contribution is -2.28. The zero-order valence-electron chi connectivity index (χ0n) is 54.1. The van der Waals surface area contributed by atoms with Crippen LogP contribution in [-0.4, -0.2) is 36.4 Å². The first-order valence-corrected chi connectivity index (χ1v) is 34.3. The fraction of sp³-hybridized carbons (Fsp3) is 0.595. The van der Waals surface area contributed by atoms with Gasteiger partial charge in [0.1, 0.15) is 6.61 Å². The van der Waals surface area contributed by atoms with E-state index in [0.29, 0.717) is 12.8 Å². The first kappa shape index (κ1) is 79.0. The molecule has 5 heteroatoms. The molecular formula is C79H126O5. The summed E-state index contributed by atoms with van der Waals surface area (Å²) in [4.78, 5) is 24.6. The molecule has 0 heterocycles. The number of carbonyl (C=O) groups excluding carboxylic acids is 2. The van der Waals surface area contributed by atoms with Gasteiger partial charge in [0.05, 0.1) is 6.61 Å². The van der Waals surface area contributed by atoms with Gasteiger partial charge in [0.2, 0.25) is 0 Å². The van der Waals surface area contributed by atoms with Crippen molar-refractivity contribution in [1.82, 2.24) is 0 Å². The van der Waals surface area contributed by atoms with Crippen molar-refractivity contribution in [3.63, 3.8) is 0 Å². The van der Waals surface area contributed by atoms with Crippen molar-refractivity contribution in [2.75, 3.05) is 13.2 Å². The minimum absolute atomic E-state index is 0.0809. The van der Waals surface area contributed by atoms with Crippen molar-refractivity contribution in [3.8, 4) is 0 Å². The normalized spacial score (nSPS) is 13.4. The third-order valence-corrected chi connectivity index (χ3v) is 14.2. The van der Waals surface area contributed by atoms with Gasteiger partial charge in [0, 0.05) is 12.8 Å². The molecule has 0 amide bonds. The topological polar surface area (TPSA) is 72.8 Å². The van der Waals surface area contributed by atoms with Crippen molar-refractivity contribution < 1.29 is 24.2 Å². The van der Waals surface area contributed by atoms with Gasteiger partial charge in [-0.25, -0.2) is 0 Å². The van der Waals surface area contributed by atoms with Crippen molar-refractivity contribution in [3.05, 3.63) is 182 Å². The van der Waals surface area contributed by atoms with Gasteiger partial charge in [0.25, 0.3) is 0 Å². The number of aliphatic hydroxyl groups is 1. The largest absolute Gasteiger partial charge is 0.462 e. The highest BCUT2D eigenvalue weighted by molar-refractivity contribution is 5.70. The molecule has 5 nitrogen and oxygen atoms in total. The van der Waals surface area contributed by atoms with Crippen LogP contribution in [0.25, 0.3) is 0 Å². The molecule has 0 saturated heterocycles. The summed E-state index contributed by atoms with van der Waals surface area (Å²) >= 11 is 0. The Bertz CT molecular complexity index is 1890. The molecule has 0 aliphatic rings. The molecular weight excluding hydrogens is 1030 g/mol. The summed E-state index contributed by atoms with van der Waals surface area (Å²) < 4.78 is 10.7. The zero-order valence-corrected chi connectivity index (χ0v) is 54.1. The summed E-state index contributed by atoms with van der Waals surface area (Å²) in [5, 5.41) is 9.70. The van der Waals surface area contributed by atoms with Crippen LogP contribution in [0.5, 0.6) is 0 Å². The monoisotopic (exact) mass is 1150 g/mol. The van der Waals surface area contributed by atoms with E-state index >= 15 is 0 Å². The Morgan fingerprint density at radius 1 is 0.274 bits per heavy atom. The van der Waals surface area contributed by atoms with Gasteiger partial charge in [-0.05, 0) is 135 Å². The first-order valence-electron chi connectivity index (χ1n) is 34.3. The highest BCUT2D eigenvalue weighted by Crippen LogP contribution is 2.16. The number of unbranched alkanes of at least 4 members (excludes halogenated alkanes) is 23. The summed E-state index contributed by atoms with van der Waals surface area (Å²) in [5.41, 5.74) is 0. The number of hydrogen-bond donors (Lipinski definition) is 1. The second-order valence-corrected chi connectivity index (χ2v) is 22.1. The maximum absolute atomic E-state index is 12.4. The maximum atomic E-state index is 12.4. The number of ether oxygens (including phenoxy) is 2. The van der Waals surface area contributed by atoms with Crippen molar-refractivity contribution in [1.29, 1.82) is 0 Å². The second-order valence-electron chi connectivity index (χ2n) is 22.1. The molecule has 1 N–H and O–H groups in total. The van der Waals surface area contributed by atoms with Crippen LogP contribution >= 0.6 is 0 Å². The Morgan fingerprint density at radius 2 is 0.476 bits per heavy atom. The maximum Gasteiger partial charge on any atom is 0.306 e. The number of rotatable bonds is 61. The lowest BCUT2D eigenvalue weighted by molar-refractivity contribution is -0.161. The number of aliphatic hydroxyl groups excluding tert-OH is 1. The Hall–Kier alpha value is -5.00. The van der Waals surface area contributed by atoms with Gasteiger partial charge in [-0.3, -0.25) is 9.59 Å². The van der Waals surface area contributed by atoms with Crippen molar-refractivity contribution >= 4 is 11.9 Å². The molecule has 0 bridgehead atoms. The fourth-order valence-corrected chi connectivity index (χ4v) is 9.14. The molecule has 0 aromatic heterocycles. The molecule has 0 rings (SSSR count). The molecule has 0 aliphatic carbocycles. The highest BCUT2D eigenvalue weighted by Gasteiger charge is 2.16. The predicted molar refractivity (Wildman–Crippen MR) is 370 cm³/mol. The average molecular weight is 1160 g/mol. The standard InChI is InChI=1S/C79H126O5/c1-3-5-7-9-11-13-15-17-19-21-23-25-27-29-31-33-35-36-37-38-39-40-41-42-44-45-47-49-51-53-55-57-59-61-63-65-67-69-71-73-78(81)83-76-77(75-80)84-79(82)74-72-70-68-66-64-62-60-58-56-54-52-50-48-46-43-34-32-30-28-26-24-22-20-18-16-14-12-10-8-6-4-2/h5-8,11-14,17-20,23-26,29-32,35-36,38-39,43,46,50,52,56,58,77,80H,3-4,9-10,15-16,21-22,27-28,33-34,37,40-42,44-45,47-49,51,53-55,57,59-76H2,1-2H3/b7-5-,8-6-,13-11-,14-12-,19-17-,20-18-,25-23-,26-24-,31-29-,32-30-,36-35-,39-38-,46-43-,52-50-,58-56-. The Morgan fingerprint density at radius 3 is 0.714 bits per heavy atom.